The number of aromatic nitrogens is 4. The van der Waals surface area contributed by atoms with Gasteiger partial charge in [-0.15, -0.1) is 5.10 Å². The molecule has 2 heterocycles. The van der Waals surface area contributed by atoms with Gasteiger partial charge in [-0.2, -0.15) is 0 Å². The van der Waals surface area contributed by atoms with Crippen molar-refractivity contribution in [2.75, 3.05) is 11.9 Å². The van der Waals surface area contributed by atoms with Crippen molar-refractivity contribution in [3.8, 4) is 5.69 Å². The number of aryl methyl sites for hydroxylation is 1. The third kappa shape index (κ3) is 2.81. The summed E-state index contributed by atoms with van der Waals surface area (Å²) in [7, 11) is 0. The highest BCUT2D eigenvalue weighted by Gasteiger charge is 2.55. The SMILES string of the molecule is O=C(CN1C(=O)NC2(CCc3ccccc32)C1=O)Nc1ccc(-n2cnnn2)cc1. The number of fused-ring (bicyclic) bond motifs is 2. The monoisotopic (exact) mass is 403 g/mol. The second-order valence-corrected chi connectivity index (χ2v) is 7.23. The van der Waals surface area contributed by atoms with E-state index >= 15 is 0 Å². The molecule has 30 heavy (non-hydrogen) atoms. The van der Waals surface area contributed by atoms with Gasteiger partial charge >= 0.3 is 6.03 Å². The van der Waals surface area contributed by atoms with Crippen LogP contribution in [-0.4, -0.2) is 49.5 Å². The molecule has 2 N–H and O–H groups in total. The van der Waals surface area contributed by atoms with Crippen molar-refractivity contribution in [3.63, 3.8) is 0 Å². The molecule has 1 unspecified atom stereocenters. The van der Waals surface area contributed by atoms with Gasteiger partial charge in [-0.05, 0) is 58.7 Å². The Morgan fingerprint density at radius 2 is 1.93 bits per heavy atom. The molecule has 2 aromatic carbocycles. The van der Waals surface area contributed by atoms with Crippen molar-refractivity contribution in [2.24, 2.45) is 0 Å². The maximum atomic E-state index is 13.1. The minimum absolute atomic E-state index is 0.358. The molecule has 5 rings (SSSR count). The lowest BCUT2D eigenvalue weighted by atomic mass is 9.92. The Morgan fingerprint density at radius 3 is 2.70 bits per heavy atom. The number of carbonyl (C=O) groups is 3. The minimum Gasteiger partial charge on any atom is -0.325 e. The van der Waals surface area contributed by atoms with Crippen molar-refractivity contribution in [1.82, 2.24) is 30.4 Å². The first-order valence-corrected chi connectivity index (χ1v) is 9.43. The van der Waals surface area contributed by atoms with E-state index in [1.165, 1.54) is 11.0 Å². The molecule has 10 nitrogen and oxygen atoms in total. The second-order valence-electron chi connectivity index (χ2n) is 7.23. The van der Waals surface area contributed by atoms with Crippen LogP contribution in [0.5, 0.6) is 0 Å². The van der Waals surface area contributed by atoms with Crippen LogP contribution in [0.2, 0.25) is 0 Å². The zero-order valence-electron chi connectivity index (χ0n) is 15.8. The average Bonchev–Trinajstić information content (AvgIpc) is 3.46. The molecule has 1 spiro atoms. The number of tetrazole rings is 1. The number of imide groups is 1. The molecule has 2 aliphatic rings. The number of benzene rings is 2. The van der Waals surface area contributed by atoms with Crippen LogP contribution < -0.4 is 10.6 Å². The topological polar surface area (TPSA) is 122 Å². The third-order valence-electron chi connectivity index (χ3n) is 5.49. The number of amides is 4. The van der Waals surface area contributed by atoms with E-state index in [1.54, 1.807) is 24.3 Å². The number of hydrogen-bond donors (Lipinski definition) is 2. The fourth-order valence-corrected chi connectivity index (χ4v) is 4.05. The predicted molar refractivity (Wildman–Crippen MR) is 104 cm³/mol. The van der Waals surface area contributed by atoms with Crippen molar-refractivity contribution in [3.05, 3.63) is 66.0 Å². The molecule has 3 aromatic rings. The molecule has 1 fully saturated rings. The number of rotatable bonds is 4. The first-order valence-electron chi connectivity index (χ1n) is 9.43. The van der Waals surface area contributed by atoms with Crippen LogP contribution in [-0.2, 0) is 21.5 Å². The zero-order chi connectivity index (χ0) is 20.7. The molecule has 1 atom stereocenters. The first-order chi connectivity index (χ1) is 14.6. The Morgan fingerprint density at radius 1 is 1.13 bits per heavy atom. The maximum Gasteiger partial charge on any atom is 0.325 e. The zero-order valence-corrected chi connectivity index (χ0v) is 15.8. The van der Waals surface area contributed by atoms with Gasteiger partial charge in [0.2, 0.25) is 5.91 Å². The summed E-state index contributed by atoms with van der Waals surface area (Å²) in [5.41, 5.74) is 2.05. The average molecular weight is 403 g/mol. The molecular formula is C20H17N7O3. The summed E-state index contributed by atoms with van der Waals surface area (Å²) in [6, 6.07) is 13.9. The van der Waals surface area contributed by atoms with Gasteiger partial charge in [0.15, 0.2) is 0 Å². The van der Waals surface area contributed by atoms with Crippen LogP contribution in [0.15, 0.2) is 54.9 Å². The van der Waals surface area contributed by atoms with Gasteiger partial charge in [-0.3, -0.25) is 14.5 Å². The highest BCUT2D eigenvalue weighted by atomic mass is 16.2. The van der Waals surface area contributed by atoms with E-state index in [9.17, 15) is 14.4 Å². The second kappa shape index (κ2) is 6.76. The number of carbonyl (C=O) groups excluding carboxylic acids is 3. The van der Waals surface area contributed by atoms with Crippen molar-refractivity contribution < 1.29 is 14.4 Å². The molecule has 150 valence electrons. The van der Waals surface area contributed by atoms with Crippen molar-refractivity contribution >= 4 is 23.5 Å². The molecule has 0 radical (unpaired) electrons. The summed E-state index contributed by atoms with van der Waals surface area (Å²) in [4.78, 5) is 39.1. The van der Waals surface area contributed by atoms with Crippen LogP contribution >= 0.6 is 0 Å². The Labute approximate surface area is 170 Å². The maximum absolute atomic E-state index is 13.1. The van der Waals surface area contributed by atoms with E-state index < -0.39 is 17.5 Å². The Hall–Kier alpha value is -4.08. The molecule has 1 aliphatic carbocycles. The lowest BCUT2D eigenvalue weighted by molar-refractivity contribution is -0.134. The number of nitrogens with one attached hydrogen (secondary N) is 2. The van der Waals surface area contributed by atoms with Gasteiger partial charge in [0, 0.05) is 5.69 Å². The van der Waals surface area contributed by atoms with Crippen LogP contribution in [0.1, 0.15) is 17.5 Å². The molecule has 1 saturated heterocycles. The van der Waals surface area contributed by atoms with E-state index in [-0.39, 0.29) is 12.5 Å². The highest BCUT2D eigenvalue weighted by molar-refractivity contribution is 6.10. The van der Waals surface area contributed by atoms with Crippen molar-refractivity contribution in [1.29, 1.82) is 0 Å². The molecule has 0 saturated carbocycles. The van der Waals surface area contributed by atoms with Gasteiger partial charge in [-0.25, -0.2) is 9.48 Å². The van der Waals surface area contributed by atoms with Gasteiger partial charge in [-0.1, -0.05) is 24.3 Å². The molecule has 1 aliphatic heterocycles. The summed E-state index contributed by atoms with van der Waals surface area (Å²) in [5, 5.41) is 16.5. The Kier molecular flexibility index (Phi) is 4.05. The Balaban J connectivity index is 1.29. The number of anilines is 1. The predicted octanol–water partition coefficient (Wildman–Crippen LogP) is 0.994. The van der Waals surface area contributed by atoms with Gasteiger partial charge in [0.25, 0.3) is 5.91 Å². The third-order valence-corrected chi connectivity index (χ3v) is 5.49. The van der Waals surface area contributed by atoms with Crippen LogP contribution in [0.25, 0.3) is 5.69 Å². The van der Waals surface area contributed by atoms with Gasteiger partial charge in [0.05, 0.1) is 5.69 Å². The van der Waals surface area contributed by atoms with E-state index in [1.807, 2.05) is 24.3 Å². The molecule has 4 amide bonds. The van der Waals surface area contributed by atoms with Gasteiger partial charge < -0.3 is 10.6 Å². The van der Waals surface area contributed by atoms with E-state index in [0.717, 1.165) is 21.7 Å². The lowest BCUT2D eigenvalue weighted by Gasteiger charge is -2.22. The summed E-state index contributed by atoms with van der Waals surface area (Å²) < 4.78 is 1.48. The molecule has 1 aromatic heterocycles. The molecule has 0 bridgehead atoms. The largest absolute Gasteiger partial charge is 0.325 e. The van der Waals surface area contributed by atoms with Crippen LogP contribution in [0.4, 0.5) is 10.5 Å². The lowest BCUT2D eigenvalue weighted by Crippen LogP contribution is -2.42. The van der Waals surface area contributed by atoms with E-state index in [0.29, 0.717) is 18.5 Å². The smallest absolute Gasteiger partial charge is 0.325 e. The quantitative estimate of drug-likeness (QED) is 0.627. The fourth-order valence-electron chi connectivity index (χ4n) is 4.05. The fraction of sp³-hybridized carbons (Fsp3) is 0.200. The normalized spacial score (nSPS) is 19.8. The summed E-state index contributed by atoms with van der Waals surface area (Å²) >= 11 is 0. The molecule has 10 heteroatoms. The van der Waals surface area contributed by atoms with Gasteiger partial charge in [0.1, 0.15) is 18.4 Å². The highest BCUT2D eigenvalue weighted by Crippen LogP contribution is 2.41. The number of hydrogen-bond acceptors (Lipinski definition) is 6. The number of nitrogens with zero attached hydrogens (tertiary/aromatic N) is 5. The summed E-state index contributed by atoms with van der Waals surface area (Å²) in [6.45, 7) is -0.358. The van der Waals surface area contributed by atoms with E-state index in [2.05, 4.69) is 26.2 Å². The number of urea groups is 1. The standard InChI is InChI=1S/C20H17N7O3/c28-17(22-14-5-7-15(8-6-14)27-12-21-24-25-27)11-26-18(29)20(23-19(26)30)10-9-13-3-1-2-4-16(13)20/h1-8,12H,9-11H2,(H,22,28)(H,23,30). The first kappa shape index (κ1) is 18.0. The van der Waals surface area contributed by atoms with Crippen LogP contribution in [0.3, 0.4) is 0 Å². The van der Waals surface area contributed by atoms with E-state index in [4.69, 9.17) is 0 Å². The van der Waals surface area contributed by atoms with Crippen molar-refractivity contribution in [2.45, 2.75) is 18.4 Å². The van der Waals surface area contributed by atoms with Crippen LogP contribution in [0, 0.1) is 0 Å². The molecular weight excluding hydrogens is 386 g/mol. The Bertz CT molecular complexity index is 1140. The summed E-state index contributed by atoms with van der Waals surface area (Å²) in [5.74, 6) is -0.848. The summed E-state index contributed by atoms with van der Waals surface area (Å²) in [6.07, 6.45) is 2.66. The minimum atomic E-state index is -1.07.